The van der Waals surface area contributed by atoms with Gasteiger partial charge in [-0.1, -0.05) is 44.5 Å². The average molecular weight is 1180 g/mol. The van der Waals surface area contributed by atoms with E-state index in [9.17, 15) is 33.6 Å². The van der Waals surface area contributed by atoms with Gasteiger partial charge in [-0.15, -0.1) is 0 Å². The summed E-state index contributed by atoms with van der Waals surface area (Å²) in [6.07, 6.45) is 9.49. The molecule has 6 aromatic rings. The molecule has 2 aromatic heterocycles. The van der Waals surface area contributed by atoms with Crippen LogP contribution in [0.15, 0.2) is 85.2 Å². The monoisotopic (exact) mass is 1180 g/mol. The van der Waals surface area contributed by atoms with Gasteiger partial charge in [-0.25, -0.2) is 14.4 Å². The molecule has 2 N–H and O–H groups in total. The third kappa shape index (κ3) is 10.2. The van der Waals surface area contributed by atoms with Crippen molar-refractivity contribution in [3.63, 3.8) is 0 Å². The van der Waals surface area contributed by atoms with Crippen molar-refractivity contribution in [1.82, 2.24) is 39.5 Å². The Kier molecular flexibility index (Phi) is 15.0. The number of hydrogen-bond acceptors (Lipinski definition) is 12. The van der Waals surface area contributed by atoms with Crippen LogP contribution in [0.4, 0.5) is 21.6 Å². The van der Waals surface area contributed by atoms with Crippen LogP contribution in [-0.4, -0.2) is 139 Å². The van der Waals surface area contributed by atoms with Gasteiger partial charge in [0.05, 0.1) is 39.8 Å². The summed E-state index contributed by atoms with van der Waals surface area (Å²) < 4.78 is 18.0. The molecule has 4 aromatic carbocycles. The van der Waals surface area contributed by atoms with Crippen molar-refractivity contribution in [3.8, 4) is 11.3 Å². The number of nitrogens with one attached hydrogen (secondary N) is 2. The van der Waals surface area contributed by atoms with E-state index < -0.39 is 40.9 Å². The molecule has 19 heteroatoms. The van der Waals surface area contributed by atoms with E-state index in [1.165, 1.54) is 25.3 Å². The number of anilines is 3. The van der Waals surface area contributed by atoms with Gasteiger partial charge in [0.25, 0.3) is 23.6 Å². The summed E-state index contributed by atoms with van der Waals surface area (Å²) in [7, 11) is 0. The van der Waals surface area contributed by atoms with E-state index in [0.717, 1.165) is 47.6 Å². The molecule has 7 aliphatic rings. The fourth-order valence-corrected chi connectivity index (χ4v) is 14.8. The first-order valence-corrected chi connectivity index (χ1v) is 31.1. The highest BCUT2D eigenvalue weighted by molar-refractivity contribution is 6.24. The van der Waals surface area contributed by atoms with E-state index in [-0.39, 0.29) is 77.1 Å². The largest absolute Gasteiger partial charge is 0.339 e. The number of rotatable bonds is 13. The van der Waals surface area contributed by atoms with Gasteiger partial charge in [-0.2, -0.15) is 0 Å². The van der Waals surface area contributed by atoms with Crippen molar-refractivity contribution in [2.24, 2.45) is 5.92 Å². The highest BCUT2D eigenvalue weighted by Crippen LogP contribution is 2.53. The zero-order valence-electron chi connectivity index (χ0n) is 50.0. The van der Waals surface area contributed by atoms with E-state index in [1.807, 2.05) is 55.4 Å². The first-order valence-electron chi connectivity index (χ1n) is 31.1. The van der Waals surface area contributed by atoms with E-state index >= 15 is 9.18 Å². The summed E-state index contributed by atoms with van der Waals surface area (Å²) in [4.78, 5) is 128. The molecule has 18 nitrogen and oxygen atoms in total. The molecule has 5 fully saturated rings. The SMILES string of the molecule is Cc1cc(F)c(Nc2nc(-c3ccc4c(c3)N(C3CC(N5CCCCC5)C3)C(=O)C43CCN(C(=O)c4ccc(C(=O)N5CCC(c6cccc7c6C(=O)N([C@H]6CCC(=O)NC6=O)C7=O)CC5)cc4)CC3)cc3ncn(C(C)C)c23)cc1C(=O)CC(C)C. The Bertz CT molecular complexity index is 3850. The van der Waals surface area contributed by atoms with Gasteiger partial charge in [-0.05, 0) is 175 Å². The van der Waals surface area contributed by atoms with E-state index in [1.54, 1.807) is 65.5 Å². The number of Topliss-reactive ketones (excluding diaryl/α,β-unsaturated/α-hetero) is 1. The Hall–Kier alpha value is -8.45. The van der Waals surface area contributed by atoms with Crippen molar-refractivity contribution < 1.29 is 42.7 Å². The number of piperidine rings is 4. The van der Waals surface area contributed by atoms with Gasteiger partial charge >= 0.3 is 0 Å². The molecular weight excluding hydrogens is 1100 g/mol. The lowest BCUT2D eigenvalue weighted by atomic mass is 9.73. The van der Waals surface area contributed by atoms with Crippen LogP contribution in [0.2, 0.25) is 0 Å². The summed E-state index contributed by atoms with van der Waals surface area (Å²) in [6.45, 7) is 13.4. The zero-order chi connectivity index (χ0) is 60.7. The molecular formula is C68H73FN10O8. The maximum absolute atomic E-state index is 16.0. The van der Waals surface area contributed by atoms with Crippen molar-refractivity contribution in [2.75, 3.05) is 49.5 Å². The summed E-state index contributed by atoms with van der Waals surface area (Å²) in [5.41, 5.74) is 6.88. The van der Waals surface area contributed by atoms with Crippen LogP contribution in [0.5, 0.6) is 0 Å². The van der Waals surface area contributed by atoms with Crippen LogP contribution < -0.4 is 15.5 Å². The number of imidazole rings is 1. The maximum Gasteiger partial charge on any atom is 0.262 e. The number of amides is 7. The van der Waals surface area contributed by atoms with Gasteiger partial charge in [0, 0.05) is 85.1 Å². The predicted molar refractivity (Wildman–Crippen MR) is 326 cm³/mol. The third-order valence-corrected chi connectivity index (χ3v) is 19.6. The number of likely N-dealkylation sites (tertiary alicyclic amines) is 3. The van der Waals surface area contributed by atoms with E-state index in [2.05, 4.69) is 27.7 Å². The number of imide groups is 2. The molecule has 1 aliphatic carbocycles. The minimum atomic E-state index is -1.06. The Morgan fingerprint density at radius 2 is 1.45 bits per heavy atom. The van der Waals surface area contributed by atoms with Crippen molar-refractivity contribution >= 4 is 75.4 Å². The number of nitrogens with zero attached hydrogens (tertiary/aromatic N) is 8. The van der Waals surface area contributed by atoms with Crippen LogP contribution in [0, 0.1) is 18.7 Å². The summed E-state index contributed by atoms with van der Waals surface area (Å²) >= 11 is 0. The van der Waals surface area contributed by atoms with E-state index in [0.29, 0.717) is 115 Å². The number of pyridine rings is 1. The quantitative estimate of drug-likeness (QED) is 0.0818. The molecule has 8 heterocycles. The fraction of sp³-hybridized carbons (Fsp3) is 0.441. The molecule has 1 spiro atoms. The standard InChI is InChI=1S/C68H73FN10O8/c1-38(2)30-57(80)49-35-53(51(69)31-40(49)5)72-61-60-54(70-37-77(60)39(3)4)36-52(71-61)44-16-17-50-56(32-44)78(46-33-45(34-46)74-24-7-6-8-25-74)67(87)68(50)22-28-76(29-23-68)64(84)43-14-12-42(13-15-43)63(83)75-26-20-41(21-27-75)47-10-9-11-48-59(47)66(86)79(65(48)85)55-18-19-58(81)73-62(55)82/h9-17,31-32,35-39,41,45-46,55H,6-8,18-30,33-34H2,1-5H3,(H,71,72)(H,73,81,82)/t45?,46?,55-/m0/s1. The Labute approximate surface area is 504 Å². The lowest BCUT2D eigenvalue weighted by Gasteiger charge is -2.48. The lowest BCUT2D eigenvalue weighted by Crippen LogP contribution is -2.58. The van der Waals surface area contributed by atoms with Crippen molar-refractivity contribution in [2.45, 2.75) is 147 Å². The first kappa shape index (κ1) is 57.6. The number of carbonyl (C=O) groups is 8. The normalized spacial score (nSPS) is 21.5. The van der Waals surface area contributed by atoms with Crippen LogP contribution in [0.3, 0.4) is 0 Å². The summed E-state index contributed by atoms with van der Waals surface area (Å²) in [5, 5.41) is 5.54. The van der Waals surface area contributed by atoms with Gasteiger partial charge in [0.1, 0.15) is 17.4 Å². The summed E-state index contributed by atoms with van der Waals surface area (Å²) in [6, 6.07) is 22.3. The Balaban J connectivity index is 0.716. The van der Waals surface area contributed by atoms with Crippen LogP contribution >= 0.6 is 0 Å². The lowest BCUT2D eigenvalue weighted by molar-refractivity contribution is -0.136. The highest BCUT2D eigenvalue weighted by Gasteiger charge is 2.56. The number of hydrogen-bond donors (Lipinski definition) is 2. The number of halogens is 1. The molecule has 13 rings (SSSR count). The van der Waals surface area contributed by atoms with Gasteiger partial charge < -0.3 is 29.5 Å². The number of ketones is 1. The average Bonchev–Trinajstić information content (AvgIpc) is 1.58. The molecule has 450 valence electrons. The molecule has 0 radical (unpaired) electrons. The van der Waals surface area contributed by atoms with E-state index in [4.69, 9.17) is 9.97 Å². The van der Waals surface area contributed by atoms with Gasteiger partial charge in [-0.3, -0.25) is 48.6 Å². The Morgan fingerprint density at radius 1 is 0.759 bits per heavy atom. The molecule has 6 aliphatic heterocycles. The number of carbonyl (C=O) groups excluding carboxylic acids is 8. The second kappa shape index (κ2) is 22.7. The van der Waals surface area contributed by atoms with Gasteiger partial charge in [0.2, 0.25) is 17.7 Å². The number of benzene rings is 4. The van der Waals surface area contributed by atoms with Crippen LogP contribution in [-0.2, 0) is 19.8 Å². The summed E-state index contributed by atoms with van der Waals surface area (Å²) in [5.74, 6) is -2.66. The molecule has 4 saturated heterocycles. The number of aryl methyl sites for hydroxylation is 1. The van der Waals surface area contributed by atoms with Gasteiger partial charge in [0.15, 0.2) is 11.6 Å². The fourth-order valence-electron chi connectivity index (χ4n) is 14.8. The molecule has 1 atom stereocenters. The molecule has 87 heavy (non-hydrogen) atoms. The second-order valence-electron chi connectivity index (χ2n) is 25.8. The molecule has 1 saturated carbocycles. The van der Waals surface area contributed by atoms with Crippen LogP contribution in [0.1, 0.15) is 185 Å². The predicted octanol–water partition coefficient (Wildman–Crippen LogP) is 10.1. The highest BCUT2D eigenvalue weighted by atomic mass is 19.1. The topological polar surface area (TPSA) is 208 Å². The maximum atomic E-state index is 16.0. The zero-order valence-corrected chi connectivity index (χ0v) is 50.0. The second-order valence-corrected chi connectivity index (χ2v) is 25.8. The first-order chi connectivity index (χ1) is 41.9. The van der Waals surface area contributed by atoms with Crippen molar-refractivity contribution in [1.29, 1.82) is 0 Å². The Morgan fingerprint density at radius 3 is 2.11 bits per heavy atom. The minimum absolute atomic E-state index is 0.00122. The number of aromatic nitrogens is 3. The van der Waals surface area contributed by atoms with Crippen LogP contribution in [0.25, 0.3) is 22.3 Å². The van der Waals surface area contributed by atoms with Crippen molar-refractivity contribution in [3.05, 3.63) is 136 Å². The smallest absolute Gasteiger partial charge is 0.262 e. The number of fused-ring (bicyclic) bond motifs is 4. The third-order valence-electron chi connectivity index (χ3n) is 19.6. The molecule has 0 bridgehead atoms. The minimum Gasteiger partial charge on any atom is -0.339 e. The molecule has 7 amide bonds. The molecule has 0 unspecified atom stereocenters.